The van der Waals surface area contributed by atoms with Crippen LogP contribution in [0.25, 0.3) is 0 Å². The Morgan fingerprint density at radius 3 is 1.62 bits per heavy atom. The van der Waals surface area contributed by atoms with E-state index in [2.05, 4.69) is 5.16 Å². The Hall–Kier alpha value is -3.20. The van der Waals surface area contributed by atoms with Gasteiger partial charge >= 0.3 is 20.2 Å². The third-order valence-electron chi connectivity index (χ3n) is 4.55. The zero-order valence-corrected chi connectivity index (χ0v) is 20.2. The number of hydrogen-bond acceptors (Lipinski definition) is 10. The minimum atomic E-state index is -5.19. The molecule has 1 aliphatic carbocycles. The molecule has 0 radical (unpaired) electrons. The van der Waals surface area contributed by atoms with E-state index in [1.54, 1.807) is 13.8 Å². The molecule has 0 aliphatic heterocycles. The molecule has 3 rings (SSSR count). The van der Waals surface area contributed by atoms with Crippen LogP contribution in [0.5, 0.6) is 0 Å². The zero-order chi connectivity index (χ0) is 25.3. The quantitative estimate of drug-likeness (QED) is 0.235. The largest absolute Gasteiger partial charge is 0.411 e. The Bertz CT molecular complexity index is 1520. The van der Waals surface area contributed by atoms with Gasteiger partial charge in [-0.25, -0.2) is 0 Å². The van der Waals surface area contributed by atoms with Crippen LogP contribution in [0.3, 0.4) is 0 Å². The maximum absolute atomic E-state index is 12.7. The summed E-state index contributed by atoms with van der Waals surface area (Å²) in [5.41, 5.74) is 0.810. The molecule has 0 bridgehead atoms. The van der Waals surface area contributed by atoms with Crippen molar-refractivity contribution in [2.45, 2.75) is 30.1 Å². The van der Waals surface area contributed by atoms with Gasteiger partial charge in [-0.3, -0.25) is 4.55 Å². The number of hydrogen-bond donors (Lipinski definition) is 2. The highest BCUT2D eigenvalue weighted by molar-refractivity contribution is 7.90. The van der Waals surface area contributed by atoms with Gasteiger partial charge in [0.1, 0.15) is 26.2 Å². The first-order valence-corrected chi connectivity index (χ1v) is 13.6. The standard InChI is InChI=1S/C20H19NO10S3/c1-13-3-7-16(8-4-13)33(26,27)30-15-11-18(21-22)20(19(12-15)32(23,24)25)31-34(28,29)17-9-5-14(2)6-10-17/h3-10,12,22H,11H2,1-2H3,(H,23,24,25). The van der Waals surface area contributed by atoms with E-state index in [0.29, 0.717) is 6.08 Å². The lowest BCUT2D eigenvalue weighted by Crippen LogP contribution is -2.23. The van der Waals surface area contributed by atoms with Crippen molar-refractivity contribution >= 4 is 36.1 Å². The van der Waals surface area contributed by atoms with Crippen LogP contribution in [0.1, 0.15) is 17.5 Å². The second kappa shape index (κ2) is 9.21. The van der Waals surface area contributed by atoms with Gasteiger partial charge in [0.15, 0.2) is 5.76 Å². The summed E-state index contributed by atoms with van der Waals surface area (Å²) >= 11 is 0. The minimum Gasteiger partial charge on any atom is -0.411 e. The Morgan fingerprint density at radius 1 is 0.765 bits per heavy atom. The zero-order valence-electron chi connectivity index (χ0n) is 17.7. The van der Waals surface area contributed by atoms with Crippen molar-refractivity contribution in [2.24, 2.45) is 5.16 Å². The van der Waals surface area contributed by atoms with Crippen LogP contribution in [0, 0.1) is 13.8 Å². The number of aryl methyl sites for hydroxylation is 2. The molecule has 14 heteroatoms. The molecule has 1 aliphatic rings. The lowest BCUT2D eigenvalue weighted by molar-refractivity contribution is 0.312. The highest BCUT2D eigenvalue weighted by atomic mass is 32.2. The molecule has 0 saturated carbocycles. The Balaban J connectivity index is 2.07. The van der Waals surface area contributed by atoms with Gasteiger partial charge < -0.3 is 13.6 Å². The lowest BCUT2D eigenvalue weighted by atomic mass is 10.1. The Labute approximate surface area is 196 Å². The maximum Gasteiger partial charge on any atom is 0.339 e. The van der Waals surface area contributed by atoms with Crippen molar-refractivity contribution < 1.29 is 43.4 Å². The SMILES string of the molecule is Cc1ccc(S(=O)(=O)OC2=CC(S(=O)(=O)O)=C(OS(=O)(=O)c3ccc(C)cc3)C(=NO)C2)cc1. The van der Waals surface area contributed by atoms with Crippen LogP contribution in [0.2, 0.25) is 0 Å². The average molecular weight is 530 g/mol. The molecular formula is C20H19NO10S3. The van der Waals surface area contributed by atoms with Crippen molar-refractivity contribution in [1.82, 2.24) is 0 Å². The van der Waals surface area contributed by atoms with E-state index in [9.17, 15) is 35.0 Å². The molecule has 182 valence electrons. The Kier molecular flexibility index (Phi) is 6.89. The molecule has 0 fully saturated rings. The van der Waals surface area contributed by atoms with E-state index in [1.807, 2.05) is 0 Å². The van der Waals surface area contributed by atoms with Gasteiger partial charge in [-0.15, -0.1) is 0 Å². The average Bonchev–Trinajstić information content (AvgIpc) is 2.74. The van der Waals surface area contributed by atoms with Crippen molar-refractivity contribution in [3.63, 3.8) is 0 Å². The van der Waals surface area contributed by atoms with E-state index < -0.39 is 58.9 Å². The van der Waals surface area contributed by atoms with Gasteiger partial charge in [-0.1, -0.05) is 40.5 Å². The monoisotopic (exact) mass is 529 g/mol. The van der Waals surface area contributed by atoms with E-state index in [4.69, 9.17) is 8.37 Å². The number of allylic oxidation sites excluding steroid dienone is 3. The summed E-state index contributed by atoms with van der Waals surface area (Å²) in [6.07, 6.45) is -0.0882. The number of benzene rings is 2. The molecule has 2 N–H and O–H groups in total. The summed E-state index contributed by atoms with van der Waals surface area (Å²) in [5, 5.41) is 12.2. The summed E-state index contributed by atoms with van der Waals surface area (Å²) in [7, 11) is -14.3. The minimum absolute atomic E-state index is 0.247. The predicted octanol–water partition coefficient (Wildman–Crippen LogP) is 2.63. The van der Waals surface area contributed by atoms with Gasteiger partial charge in [0, 0.05) is 6.08 Å². The predicted molar refractivity (Wildman–Crippen MR) is 119 cm³/mol. The maximum atomic E-state index is 12.7. The number of nitrogens with zero attached hydrogens (tertiary/aromatic N) is 1. The van der Waals surface area contributed by atoms with Crippen molar-refractivity contribution in [3.8, 4) is 0 Å². The van der Waals surface area contributed by atoms with E-state index in [0.717, 1.165) is 11.1 Å². The van der Waals surface area contributed by atoms with E-state index in [-0.39, 0.29) is 9.79 Å². The lowest BCUT2D eigenvalue weighted by Gasteiger charge is -2.20. The topological polar surface area (TPSA) is 174 Å². The van der Waals surface area contributed by atoms with E-state index in [1.165, 1.54) is 48.5 Å². The van der Waals surface area contributed by atoms with Crippen LogP contribution >= 0.6 is 0 Å². The first-order valence-electron chi connectivity index (χ1n) is 9.39. The smallest absolute Gasteiger partial charge is 0.339 e. The van der Waals surface area contributed by atoms with Crippen molar-refractivity contribution in [1.29, 1.82) is 0 Å². The first-order chi connectivity index (χ1) is 15.7. The molecule has 0 spiro atoms. The molecule has 34 heavy (non-hydrogen) atoms. The van der Waals surface area contributed by atoms with Gasteiger partial charge in [-0.2, -0.15) is 25.3 Å². The highest BCUT2D eigenvalue weighted by Gasteiger charge is 2.35. The van der Waals surface area contributed by atoms with Crippen LogP contribution in [-0.2, 0) is 38.7 Å². The Morgan fingerprint density at radius 2 is 1.21 bits per heavy atom. The fraction of sp³-hybridized carbons (Fsp3) is 0.150. The molecule has 0 saturated heterocycles. The molecule has 11 nitrogen and oxygen atoms in total. The molecule has 2 aromatic carbocycles. The molecular weight excluding hydrogens is 510 g/mol. The van der Waals surface area contributed by atoms with Gasteiger partial charge in [0.25, 0.3) is 10.1 Å². The first kappa shape index (κ1) is 25.4. The number of oxime groups is 1. The summed E-state index contributed by atoms with van der Waals surface area (Å²) in [6, 6.07) is 10.9. The normalized spacial score (nSPS) is 16.3. The highest BCUT2D eigenvalue weighted by Crippen LogP contribution is 2.31. The second-order valence-corrected chi connectivity index (χ2v) is 11.7. The molecule has 0 atom stereocenters. The third kappa shape index (κ3) is 5.64. The third-order valence-corrected chi connectivity index (χ3v) is 7.93. The van der Waals surface area contributed by atoms with Gasteiger partial charge in [-0.05, 0) is 38.1 Å². The molecule has 0 unspecified atom stereocenters. The van der Waals surface area contributed by atoms with E-state index >= 15 is 0 Å². The van der Waals surface area contributed by atoms with Crippen LogP contribution in [-0.4, -0.2) is 40.7 Å². The summed E-state index contributed by atoms with van der Waals surface area (Å²) in [5.74, 6) is -1.58. The van der Waals surface area contributed by atoms with Crippen molar-refractivity contribution in [2.75, 3.05) is 0 Å². The summed E-state index contributed by atoms with van der Waals surface area (Å²) < 4.78 is 93.9. The van der Waals surface area contributed by atoms with Crippen molar-refractivity contribution in [3.05, 3.63) is 82.2 Å². The molecule has 2 aromatic rings. The fourth-order valence-corrected chi connectivity index (χ4v) is 5.47. The van der Waals surface area contributed by atoms with Gasteiger partial charge in [0.2, 0.25) is 0 Å². The second-order valence-electron chi connectivity index (χ2n) is 7.20. The summed E-state index contributed by atoms with van der Waals surface area (Å²) in [6.45, 7) is 3.45. The molecule has 0 heterocycles. The number of rotatable bonds is 7. The summed E-state index contributed by atoms with van der Waals surface area (Å²) in [4.78, 5) is -1.76. The van der Waals surface area contributed by atoms with Crippen LogP contribution in [0.15, 0.2) is 86.0 Å². The molecule has 0 aromatic heterocycles. The fourth-order valence-electron chi connectivity index (χ4n) is 2.82. The van der Waals surface area contributed by atoms with Crippen LogP contribution in [0.4, 0.5) is 0 Å². The van der Waals surface area contributed by atoms with Gasteiger partial charge in [0.05, 0.1) is 6.42 Å². The molecule has 0 amide bonds. The van der Waals surface area contributed by atoms with Crippen LogP contribution < -0.4 is 0 Å².